The normalized spacial score (nSPS) is 18.2. The average molecular weight is 415 g/mol. The van der Waals surface area contributed by atoms with E-state index in [9.17, 15) is 0 Å². The Hall–Kier alpha value is -1.28. The summed E-state index contributed by atoms with van der Waals surface area (Å²) < 4.78 is 11.3. The number of rotatable bonds is 19. The quantitative estimate of drug-likeness (QED) is 0.129. The van der Waals surface area contributed by atoms with Crippen LogP contribution in [-0.2, 0) is 11.2 Å². The molecule has 2 rings (SSSR count). The van der Waals surface area contributed by atoms with Gasteiger partial charge in [-0.3, -0.25) is 0 Å². The van der Waals surface area contributed by atoms with Gasteiger partial charge in [-0.2, -0.15) is 0 Å². The first kappa shape index (κ1) is 25.0. The van der Waals surface area contributed by atoms with Crippen molar-refractivity contribution in [1.29, 1.82) is 0 Å². The molecule has 0 bridgehead atoms. The van der Waals surface area contributed by atoms with Crippen molar-refractivity contribution >= 4 is 0 Å². The smallest absolute Gasteiger partial charge is 0.123 e. The summed E-state index contributed by atoms with van der Waals surface area (Å²) in [7, 11) is 0. The Morgan fingerprint density at radius 1 is 0.867 bits per heavy atom. The van der Waals surface area contributed by atoms with Gasteiger partial charge in [0, 0.05) is 0 Å². The van der Waals surface area contributed by atoms with Gasteiger partial charge < -0.3 is 9.47 Å². The molecule has 1 aliphatic rings. The van der Waals surface area contributed by atoms with Crippen LogP contribution in [-0.4, -0.2) is 18.8 Å². The van der Waals surface area contributed by atoms with Gasteiger partial charge in [0.05, 0.1) is 6.61 Å². The molecule has 0 N–H and O–H groups in total. The Balaban J connectivity index is 1.38. The highest BCUT2D eigenvalue weighted by Crippen LogP contribution is 2.27. The standard InChI is InChI=1S/C28H46O2/c1-3-4-5-6-7-8-9-10-11-12-13-14-15-16-17-18-20-26-21-19-22-27(23-26)29-24-28(2)25-30-28/h13-14,19,21-23H,3-12,15-18,20,24-25H2,1-2H3/b14-13+. The molecule has 0 radical (unpaired) electrons. The van der Waals surface area contributed by atoms with E-state index in [1.54, 1.807) is 0 Å². The van der Waals surface area contributed by atoms with Gasteiger partial charge in [-0.05, 0) is 63.1 Å². The van der Waals surface area contributed by atoms with Gasteiger partial charge in [0.2, 0.25) is 0 Å². The first-order valence-corrected chi connectivity index (χ1v) is 12.7. The van der Waals surface area contributed by atoms with Crippen molar-refractivity contribution in [2.75, 3.05) is 13.2 Å². The van der Waals surface area contributed by atoms with Crippen LogP contribution in [0.1, 0.15) is 109 Å². The van der Waals surface area contributed by atoms with Crippen LogP contribution in [0.25, 0.3) is 0 Å². The second-order valence-electron chi connectivity index (χ2n) is 9.36. The molecule has 1 atom stereocenters. The third-order valence-electron chi connectivity index (χ3n) is 6.06. The van der Waals surface area contributed by atoms with E-state index >= 15 is 0 Å². The second kappa shape index (κ2) is 15.5. The number of ether oxygens (including phenoxy) is 2. The highest BCUT2D eigenvalue weighted by molar-refractivity contribution is 5.28. The zero-order valence-electron chi connectivity index (χ0n) is 19.8. The maximum absolute atomic E-state index is 5.87. The molecule has 1 unspecified atom stereocenters. The van der Waals surface area contributed by atoms with Gasteiger partial charge in [-0.25, -0.2) is 0 Å². The first-order chi connectivity index (χ1) is 14.7. The summed E-state index contributed by atoms with van der Waals surface area (Å²) in [4.78, 5) is 0. The van der Waals surface area contributed by atoms with Crippen LogP contribution in [0.4, 0.5) is 0 Å². The van der Waals surface area contributed by atoms with Crippen molar-refractivity contribution in [3.05, 3.63) is 42.0 Å². The summed E-state index contributed by atoms with van der Waals surface area (Å²) in [5.41, 5.74) is 1.34. The predicted molar refractivity (Wildman–Crippen MR) is 129 cm³/mol. The number of unbranched alkanes of at least 4 members (excludes halogenated alkanes) is 12. The fraction of sp³-hybridized carbons (Fsp3) is 0.714. The van der Waals surface area contributed by atoms with Gasteiger partial charge in [-0.1, -0.05) is 89.0 Å². The maximum atomic E-state index is 5.87. The maximum Gasteiger partial charge on any atom is 0.123 e. The molecule has 170 valence electrons. The lowest BCUT2D eigenvalue weighted by Crippen LogP contribution is -2.16. The SMILES string of the molecule is CCCCCCCCCCC/C=C/CCCCCc1cccc(OCC2(C)CO2)c1. The molecule has 1 aromatic rings. The van der Waals surface area contributed by atoms with E-state index in [2.05, 4.69) is 44.2 Å². The molecular formula is C28H46O2. The zero-order valence-corrected chi connectivity index (χ0v) is 19.8. The van der Waals surface area contributed by atoms with Gasteiger partial charge in [0.25, 0.3) is 0 Å². The molecule has 2 nitrogen and oxygen atoms in total. The number of benzene rings is 1. The molecule has 0 amide bonds. The van der Waals surface area contributed by atoms with Crippen LogP contribution in [0.15, 0.2) is 36.4 Å². The van der Waals surface area contributed by atoms with Crippen LogP contribution in [0, 0.1) is 0 Å². The molecule has 30 heavy (non-hydrogen) atoms. The minimum atomic E-state index is -0.0442. The predicted octanol–water partition coefficient (Wildman–Crippen LogP) is 8.43. The molecule has 0 saturated carbocycles. The number of hydrogen-bond donors (Lipinski definition) is 0. The van der Waals surface area contributed by atoms with Crippen LogP contribution in [0.5, 0.6) is 5.75 Å². The fourth-order valence-corrected chi connectivity index (χ4v) is 3.81. The zero-order chi connectivity index (χ0) is 21.3. The summed E-state index contributed by atoms with van der Waals surface area (Å²) in [6.07, 6.45) is 25.1. The summed E-state index contributed by atoms with van der Waals surface area (Å²) in [6, 6.07) is 8.56. The Labute approximate surface area is 186 Å². The van der Waals surface area contributed by atoms with Crippen molar-refractivity contribution in [2.45, 2.75) is 116 Å². The lowest BCUT2D eigenvalue weighted by Gasteiger charge is -2.10. The van der Waals surface area contributed by atoms with Crippen LogP contribution < -0.4 is 4.74 Å². The van der Waals surface area contributed by atoms with Gasteiger partial charge in [-0.15, -0.1) is 0 Å². The van der Waals surface area contributed by atoms with Crippen molar-refractivity contribution < 1.29 is 9.47 Å². The Bertz CT molecular complexity index is 574. The summed E-state index contributed by atoms with van der Waals surface area (Å²) in [5.74, 6) is 0.976. The molecule has 1 saturated heterocycles. The Morgan fingerprint density at radius 3 is 2.10 bits per heavy atom. The first-order valence-electron chi connectivity index (χ1n) is 12.7. The van der Waals surface area contributed by atoms with Crippen molar-refractivity contribution in [3.8, 4) is 5.75 Å². The molecule has 1 heterocycles. The lowest BCUT2D eigenvalue weighted by molar-refractivity contribution is 0.202. The van der Waals surface area contributed by atoms with E-state index in [-0.39, 0.29) is 5.60 Å². The molecule has 1 aliphatic heterocycles. The van der Waals surface area contributed by atoms with Crippen LogP contribution in [0.2, 0.25) is 0 Å². The minimum Gasteiger partial charge on any atom is -0.490 e. The van der Waals surface area contributed by atoms with Gasteiger partial charge >= 0.3 is 0 Å². The fourth-order valence-electron chi connectivity index (χ4n) is 3.81. The van der Waals surface area contributed by atoms with Crippen molar-refractivity contribution in [1.82, 2.24) is 0 Å². The monoisotopic (exact) mass is 414 g/mol. The van der Waals surface area contributed by atoms with Crippen molar-refractivity contribution in [2.24, 2.45) is 0 Å². The summed E-state index contributed by atoms with van der Waals surface area (Å²) in [6.45, 7) is 5.86. The molecular weight excluding hydrogens is 368 g/mol. The number of aryl methyl sites for hydroxylation is 1. The Morgan fingerprint density at radius 2 is 1.47 bits per heavy atom. The molecule has 1 fully saturated rings. The number of allylic oxidation sites excluding steroid dienone is 2. The summed E-state index contributed by atoms with van der Waals surface area (Å²) in [5, 5.41) is 0. The number of epoxide rings is 1. The van der Waals surface area contributed by atoms with E-state index in [0.29, 0.717) is 6.61 Å². The van der Waals surface area contributed by atoms with E-state index in [4.69, 9.17) is 9.47 Å². The van der Waals surface area contributed by atoms with Gasteiger partial charge in [0.15, 0.2) is 0 Å². The van der Waals surface area contributed by atoms with E-state index < -0.39 is 0 Å². The molecule has 1 aromatic carbocycles. The molecule has 0 aromatic heterocycles. The van der Waals surface area contributed by atoms with Crippen LogP contribution in [0.3, 0.4) is 0 Å². The Kier molecular flexibility index (Phi) is 12.9. The van der Waals surface area contributed by atoms with Crippen molar-refractivity contribution in [3.63, 3.8) is 0 Å². The highest BCUT2D eigenvalue weighted by atomic mass is 16.6. The highest BCUT2D eigenvalue weighted by Gasteiger charge is 2.40. The molecule has 0 aliphatic carbocycles. The second-order valence-corrected chi connectivity index (χ2v) is 9.36. The van der Waals surface area contributed by atoms with Gasteiger partial charge in [0.1, 0.15) is 18.0 Å². The summed E-state index contributed by atoms with van der Waals surface area (Å²) >= 11 is 0. The van der Waals surface area contributed by atoms with E-state index in [0.717, 1.165) is 18.8 Å². The average Bonchev–Trinajstić information content (AvgIpc) is 3.50. The topological polar surface area (TPSA) is 21.8 Å². The van der Waals surface area contributed by atoms with E-state index in [1.165, 1.54) is 95.5 Å². The minimum absolute atomic E-state index is 0.0442. The third-order valence-corrected chi connectivity index (χ3v) is 6.06. The molecule has 0 spiro atoms. The largest absolute Gasteiger partial charge is 0.490 e. The van der Waals surface area contributed by atoms with E-state index in [1.807, 2.05) is 6.07 Å². The number of hydrogen-bond acceptors (Lipinski definition) is 2. The van der Waals surface area contributed by atoms with Crippen LogP contribution >= 0.6 is 0 Å². The lowest BCUT2D eigenvalue weighted by atomic mass is 10.1. The third kappa shape index (κ3) is 12.4. The molecule has 2 heteroatoms.